The predicted molar refractivity (Wildman–Crippen MR) is 223 cm³/mol. The number of hydrogen-bond donors (Lipinski definition) is 1. The fraction of sp³-hybridized carbons (Fsp3) is 0.756. The van der Waals surface area contributed by atoms with E-state index >= 15 is 0 Å². The van der Waals surface area contributed by atoms with Crippen molar-refractivity contribution < 1.29 is 18.4 Å². The third-order valence-electron chi connectivity index (χ3n) is 14.8. The van der Waals surface area contributed by atoms with Crippen LogP contribution in [0.3, 0.4) is 0 Å². The smallest absolute Gasteiger partial charge is 0.203 e. The zero-order chi connectivity index (χ0) is 38.5. The number of allylic oxidation sites excluding steroid dienone is 4. The van der Waals surface area contributed by atoms with Crippen LogP contribution in [0.2, 0.25) is 36.3 Å². The van der Waals surface area contributed by atoms with Crippen molar-refractivity contribution in [1.29, 1.82) is 0 Å². The molecular formula is C45H75NO4Si2. The van der Waals surface area contributed by atoms with E-state index in [9.17, 15) is 5.11 Å². The minimum atomic E-state index is -2.01. The van der Waals surface area contributed by atoms with Gasteiger partial charge in [0.25, 0.3) is 0 Å². The number of aryl methyl sites for hydroxylation is 1. The summed E-state index contributed by atoms with van der Waals surface area (Å²) in [4.78, 5) is 4.59. The summed E-state index contributed by atoms with van der Waals surface area (Å²) in [5, 5.41) is 11.7. The van der Waals surface area contributed by atoms with Crippen LogP contribution in [0.4, 0.5) is 0 Å². The molecule has 4 fully saturated rings. The molecule has 4 saturated carbocycles. The summed E-state index contributed by atoms with van der Waals surface area (Å²) >= 11 is 0. The van der Waals surface area contributed by atoms with Crippen LogP contribution in [0, 0.1) is 23.2 Å². The molecule has 0 aromatic carbocycles. The molecule has 1 N–H and O–H groups in total. The maximum Gasteiger partial charge on any atom is 0.203 e. The molecule has 4 aliphatic carbocycles. The molecule has 1 heterocycles. The quantitative estimate of drug-likeness (QED) is 0.170. The minimum absolute atomic E-state index is 0.00117. The highest BCUT2D eigenvalue weighted by atomic mass is 28.4. The Morgan fingerprint density at radius 3 is 2.27 bits per heavy atom. The second-order valence-electron chi connectivity index (χ2n) is 20.6. The third kappa shape index (κ3) is 8.49. The van der Waals surface area contributed by atoms with Crippen molar-refractivity contribution in [3.8, 4) is 0 Å². The number of aromatic nitrogens is 1. The SMILES string of the molecule is C=C1/C(=C/C=C2/CCC[C@]3(C)[C@@H]([C@H](C)/C=C/[C@H](O)C4(c5ncc(CCC)o5)CC4)CC[C@@H]23)C[C@@H](O[Si](C)(C)C(C)(C)C)C[C@@H]1O[Si](C)(C)C(C)(C)C. The lowest BCUT2D eigenvalue weighted by atomic mass is 9.61. The van der Waals surface area contributed by atoms with Gasteiger partial charge in [-0.1, -0.05) is 98.8 Å². The van der Waals surface area contributed by atoms with Gasteiger partial charge in [-0.15, -0.1) is 0 Å². The number of hydrogen-bond acceptors (Lipinski definition) is 5. The molecule has 4 aliphatic rings. The van der Waals surface area contributed by atoms with Gasteiger partial charge in [0.1, 0.15) is 5.76 Å². The lowest BCUT2D eigenvalue weighted by Crippen LogP contribution is -2.49. The molecule has 0 bridgehead atoms. The van der Waals surface area contributed by atoms with Gasteiger partial charge >= 0.3 is 0 Å². The van der Waals surface area contributed by atoms with Crippen molar-refractivity contribution in [2.24, 2.45) is 23.2 Å². The van der Waals surface area contributed by atoms with Crippen LogP contribution in [0.5, 0.6) is 0 Å². The maximum absolute atomic E-state index is 11.4. The number of nitrogens with zero attached hydrogens (tertiary/aromatic N) is 1. The van der Waals surface area contributed by atoms with Gasteiger partial charge in [0.05, 0.1) is 29.9 Å². The maximum atomic E-state index is 11.4. The van der Waals surface area contributed by atoms with Gasteiger partial charge in [0.2, 0.25) is 5.89 Å². The zero-order valence-corrected chi connectivity index (χ0v) is 37.5. The Bertz CT molecular complexity index is 1520. The van der Waals surface area contributed by atoms with Crippen molar-refractivity contribution in [2.45, 2.75) is 193 Å². The van der Waals surface area contributed by atoms with Crippen LogP contribution in [0.25, 0.3) is 0 Å². The van der Waals surface area contributed by atoms with E-state index in [0.717, 1.165) is 55.7 Å². The normalized spacial score (nSPS) is 31.4. The first-order valence-electron chi connectivity index (χ1n) is 20.8. The first-order valence-corrected chi connectivity index (χ1v) is 26.6. The van der Waals surface area contributed by atoms with Crippen LogP contribution in [-0.4, -0.2) is 45.0 Å². The van der Waals surface area contributed by atoms with Gasteiger partial charge in [-0.2, -0.15) is 0 Å². The Hall–Kier alpha value is -1.52. The van der Waals surface area contributed by atoms with Gasteiger partial charge < -0.3 is 18.4 Å². The summed E-state index contributed by atoms with van der Waals surface area (Å²) in [6.45, 7) is 35.3. The van der Waals surface area contributed by atoms with E-state index in [2.05, 4.69) is 118 Å². The van der Waals surface area contributed by atoms with Crippen molar-refractivity contribution in [3.05, 3.63) is 65.5 Å². The molecular weight excluding hydrogens is 675 g/mol. The van der Waals surface area contributed by atoms with Crippen molar-refractivity contribution >= 4 is 16.6 Å². The van der Waals surface area contributed by atoms with Gasteiger partial charge in [0, 0.05) is 12.8 Å². The predicted octanol–water partition coefficient (Wildman–Crippen LogP) is 12.4. The largest absolute Gasteiger partial charge is 0.445 e. The highest BCUT2D eigenvalue weighted by Crippen LogP contribution is 2.60. The van der Waals surface area contributed by atoms with E-state index in [1.807, 2.05) is 6.20 Å². The van der Waals surface area contributed by atoms with Gasteiger partial charge in [-0.25, -0.2) is 4.98 Å². The molecule has 0 spiro atoms. The standard InChI is InChI=1S/C45H75NO4Si2/c1-15-17-35-30-46-41(48-35)45(26-27-45)40(47)24-19-31(2)37-22-23-38-33(18-16-25-44(37,38)10)20-21-34-28-36(49-51(11,12)42(4,5)6)29-39(32(34)3)50-52(13,14)43(7,8)9/h19-21,24,30-31,36-40,47H,3,15-18,22-23,25-29H2,1-2,4-14H3/b24-19+,33-20-,34-21+/t31-,36-,37-,38+,39+,40+,44-/m1/s1. The fourth-order valence-corrected chi connectivity index (χ4v) is 11.8. The molecule has 52 heavy (non-hydrogen) atoms. The molecule has 0 saturated heterocycles. The van der Waals surface area contributed by atoms with Crippen LogP contribution >= 0.6 is 0 Å². The first-order chi connectivity index (χ1) is 24.0. The highest BCUT2D eigenvalue weighted by molar-refractivity contribution is 6.74. The Morgan fingerprint density at radius 1 is 1.00 bits per heavy atom. The second-order valence-corrected chi connectivity index (χ2v) is 30.1. The topological polar surface area (TPSA) is 64.7 Å². The lowest BCUT2D eigenvalue weighted by Gasteiger charge is -2.45. The van der Waals surface area contributed by atoms with Crippen molar-refractivity contribution in [1.82, 2.24) is 4.98 Å². The molecule has 0 radical (unpaired) electrons. The van der Waals surface area contributed by atoms with E-state index in [-0.39, 0.29) is 33.1 Å². The summed E-state index contributed by atoms with van der Waals surface area (Å²) in [6, 6.07) is 0. The van der Waals surface area contributed by atoms with Crippen LogP contribution in [0.1, 0.15) is 138 Å². The molecule has 5 nitrogen and oxygen atoms in total. The Labute approximate surface area is 320 Å². The van der Waals surface area contributed by atoms with E-state index < -0.39 is 22.7 Å². The molecule has 7 heteroatoms. The first kappa shape index (κ1) is 41.6. The number of aliphatic hydroxyl groups is 1. The average molecular weight is 750 g/mol. The fourth-order valence-electron chi connectivity index (χ4n) is 9.18. The Morgan fingerprint density at radius 2 is 1.65 bits per heavy atom. The van der Waals surface area contributed by atoms with E-state index in [0.29, 0.717) is 17.8 Å². The minimum Gasteiger partial charge on any atom is -0.445 e. The van der Waals surface area contributed by atoms with E-state index in [1.54, 1.807) is 5.57 Å². The summed E-state index contributed by atoms with van der Waals surface area (Å²) in [5.74, 6) is 3.25. The summed E-state index contributed by atoms with van der Waals surface area (Å²) in [7, 11) is -3.96. The number of aliphatic hydroxyl groups excluding tert-OH is 1. The zero-order valence-electron chi connectivity index (χ0n) is 35.5. The number of fused-ring (bicyclic) bond motifs is 1. The van der Waals surface area contributed by atoms with Crippen LogP contribution < -0.4 is 0 Å². The molecule has 5 rings (SSSR count). The summed E-state index contributed by atoms with van der Waals surface area (Å²) in [6.07, 6.45) is 22.5. The average Bonchev–Trinajstić information content (AvgIpc) is 3.57. The van der Waals surface area contributed by atoms with Crippen molar-refractivity contribution in [2.75, 3.05) is 0 Å². The third-order valence-corrected chi connectivity index (χ3v) is 23.9. The highest BCUT2D eigenvalue weighted by Gasteiger charge is 2.54. The van der Waals surface area contributed by atoms with E-state index in [1.165, 1.54) is 37.7 Å². The molecule has 1 aromatic heterocycles. The molecule has 7 atom stereocenters. The van der Waals surface area contributed by atoms with Crippen LogP contribution in [-0.2, 0) is 20.7 Å². The molecule has 0 aliphatic heterocycles. The van der Waals surface area contributed by atoms with Crippen LogP contribution in [0.15, 0.2) is 58.2 Å². The number of oxazole rings is 1. The van der Waals surface area contributed by atoms with Gasteiger partial charge in [-0.05, 0) is 128 Å². The van der Waals surface area contributed by atoms with E-state index in [4.69, 9.17) is 19.8 Å². The summed E-state index contributed by atoms with van der Waals surface area (Å²) < 4.78 is 20.3. The second kappa shape index (κ2) is 15.2. The van der Waals surface area contributed by atoms with Gasteiger partial charge in [-0.3, -0.25) is 0 Å². The molecule has 0 unspecified atom stereocenters. The summed E-state index contributed by atoms with van der Waals surface area (Å²) in [5.41, 5.74) is 4.02. The monoisotopic (exact) mass is 750 g/mol. The Kier molecular flexibility index (Phi) is 12.2. The molecule has 292 valence electrons. The molecule has 1 aromatic rings. The van der Waals surface area contributed by atoms with Crippen molar-refractivity contribution in [3.63, 3.8) is 0 Å². The Balaban J connectivity index is 1.33. The number of rotatable bonds is 12. The van der Waals surface area contributed by atoms with Gasteiger partial charge in [0.15, 0.2) is 16.6 Å². The lowest BCUT2D eigenvalue weighted by molar-refractivity contribution is 0.0969. The molecule has 0 amide bonds.